The predicted molar refractivity (Wildman–Crippen MR) is 81.9 cm³/mol. The molecule has 2 aliphatic rings. The van der Waals surface area contributed by atoms with Gasteiger partial charge in [0.15, 0.2) is 0 Å². The van der Waals surface area contributed by atoms with Crippen molar-refractivity contribution >= 4 is 11.6 Å². The van der Waals surface area contributed by atoms with Crippen molar-refractivity contribution in [3.8, 4) is 0 Å². The Morgan fingerprint density at radius 3 is 2.47 bits per heavy atom. The van der Waals surface area contributed by atoms with E-state index in [1.807, 2.05) is 14.1 Å². The van der Waals surface area contributed by atoms with E-state index in [0.717, 1.165) is 0 Å². The van der Waals surface area contributed by atoms with E-state index in [1.54, 1.807) is 0 Å². The van der Waals surface area contributed by atoms with Gasteiger partial charge in [0.2, 0.25) is 0 Å². The first-order valence-electron chi connectivity index (χ1n) is 6.72. The molecule has 0 bridgehead atoms. The second kappa shape index (κ2) is 4.19. The number of rotatable bonds is 2. The average molecular weight is 252 g/mol. The summed E-state index contributed by atoms with van der Waals surface area (Å²) in [5.74, 6) is 0. The summed E-state index contributed by atoms with van der Waals surface area (Å²) in [6, 6.07) is 4.53. The number of allylic oxidation sites excluding steroid dienone is 3. The lowest BCUT2D eigenvalue weighted by Crippen LogP contribution is -2.51. The van der Waals surface area contributed by atoms with E-state index in [9.17, 15) is 0 Å². The summed E-state index contributed by atoms with van der Waals surface area (Å²) in [6.45, 7) is 4.35. The summed E-state index contributed by atoms with van der Waals surface area (Å²) in [7, 11) is 3.95. The van der Waals surface area contributed by atoms with Gasteiger partial charge in [-0.1, -0.05) is 23.8 Å². The second-order valence-corrected chi connectivity index (χ2v) is 5.41. The van der Waals surface area contributed by atoms with E-state index in [4.69, 9.17) is 0 Å². The Kier molecular flexibility index (Phi) is 2.73. The molecular weight excluding hydrogens is 232 g/mol. The fourth-order valence-electron chi connectivity index (χ4n) is 3.10. The average Bonchev–Trinajstić information content (AvgIpc) is 2.75. The largest absolute Gasteiger partial charge is 0.296 e. The maximum absolute atomic E-state index is 3.34. The molecule has 2 nitrogen and oxygen atoms in total. The van der Waals surface area contributed by atoms with Crippen LogP contribution in [0.4, 0.5) is 0 Å². The van der Waals surface area contributed by atoms with Gasteiger partial charge in [-0.3, -0.25) is 10.6 Å². The summed E-state index contributed by atoms with van der Waals surface area (Å²) in [6.07, 6.45) is 8.95. The van der Waals surface area contributed by atoms with Crippen molar-refractivity contribution in [3.63, 3.8) is 0 Å². The Hall–Kier alpha value is -1.64. The molecule has 0 saturated heterocycles. The Morgan fingerprint density at radius 1 is 1.05 bits per heavy atom. The highest BCUT2D eigenvalue weighted by atomic mass is 15.1. The van der Waals surface area contributed by atoms with Crippen LogP contribution in [0.3, 0.4) is 0 Å². The quantitative estimate of drug-likeness (QED) is 0.791. The SMILES string of the molecule is CNC1(NC)C=CC2=Cc3cc(C)cc(C)c3C2=C1. The van der Waals surface area contributed by atoms with Crippen molar-refractivity contribution in [3.05, 3.63) is 58.2 Å². The molecule has 98 valence electrons. The van der Waals surface area contributed by atoms with Crippen LogP contribution in [0.15, 0.2) is 35.9 Å². The third kappa shape index (κ3) is 1.79. The van der Waals surface area contributed by atoms with Crippen LogP contribution in [0.25, 0.3) is 11.6 Å². The maximum atomic E-state index is 3.34. The first kappa shape index (κ1) is 12.4. The summed E-state index contributed by atoms with van der Waals surface area (Å²) in [5, 5.41) is 6.68. The van der Waals surface area contributed by atoms with Crippen LogP contribution in [0.2, 0.25) is 0 Å². The van der Waals surface area contributed by atoms with Gasteiger partial charge in [-0.2, -0.15) is 0 Å². The third-order valence-corrected chi connectivity index (χ3v) is 4.13. The number of hydrogen-bond donors (Lipinski definition) is 2. The number of fused-ring (bicyclic) bond motifs is 3. The predicted octanol–water partition coefficient (Wildman–Crippen LogP) is 2.79. The standard InChI is InChI=1S/C17H20N2/c1-11-7-12(2)16-14(8-11)9-13-5-6-17(18-3,19-4)10-15(13)16/h5-10,18-19H,1-4H3. The minimum atomic E-state index is -0.244. The van der Waals surface area contributed by atoms with E-state index in [1.165, 1.54) is 33.4 Å². The first-order chi connectivity index (χ1) is 9.08. The molecule has 0 unspecified atom stereocenters. The smallest absolute Gasteiger partial charge is 0.108 e. The van der Waals surface area contributed by atoms with Gasteiger partial charge in [0, 0.05) is 0 Å². The van der Waals surface area contributed by atoms with Crippen LogP contribution in [0.5, 0.6) is 0 Å². The van der Waals surface area contributed by atoms with Gasteiger partial charge >= 0.3 is 0 Å². The Labute approximate surface area is 114 Å². The molecule has 0 amide bonds. The number of nitrogens with one attached hydrogen (secondary N) is 2. The van der Waals surface area contributed by atoms with E-state index in [-0.39, 0.29) is 5.66 Å². The van der Waals surface area contributed by atoms with Crippen LogP contribution in [0.1, 0.15) is 22.3 Å². The highest BCUT2D eigenvalue weighted by Gasteiger charge is 2.29. The van der Waals surface area contributed by atoms with E-state index >= 15 is 0 Å². The van der Waals surface area contributed by atoms with Gasteiger partial charge < -0.3 is 0 Å². The molecule has 0 fully saturated rings. The topological polar surface area (TPSA) is 24.1 Å². The molecule has 0 atom stereocenters. The van der Waals surface area contributed by atoms with Crippen LogP contribution in [0, 0.1) is 13.8 Å². The van der Waals surface area contributed by atoms with Crippen molar-refractivity contribution in [1.29, 1.82) is 0 Å². The van der Waals surface area contributed by atoms with Crippen molar-refractivity contribution in [2.24, 2.45) is 0 Å². The molecular formula is C17H20N2. The molecule has 1 aromatic carbocycles. The monoisotopic (exact) mass is 252 g/mol. The Balaban J connectivity index is 2.20. The van der Waals surface area contributed by atoms with Crippen molar-refractivity contribution in [2.75, 3.05) is 14.1 Å². The zero-order valence-corrected chi connectivity index (χ0v) is 12.0. The van der Waals surface area contributed by atoms with Crippen LogP contribution >= 0.6 is 0 Å². The molecule has 2 aliphatic carbocycles. The molecule has 0 spiro atoms. The molecule has 0 saturated carbocycles. The third-order valence-electron chi connectivity index (χ3n) is 4.13. The van der Waals surface area contributed by atoms with Gasteiger partial charge in [0.1, 0.15) is 5.66 Å². The highest BCUT2D eigenvalue weighted by Crippen LogP contribution is 2.41. The molecule has 2 N–H and O–H groups in total. The molecule has 0 radical (unpaired) electrons. The van der Waals surface area contributed by atoms with Gasteiger partial charge in [-0.05, 0) is 74.0 Å². The molecule has 0 aromatic heterocycles. The van der Waals surface area contributed by atoms with E-state index in [0.29, 0.717) is 0 Å². The Morgan fingerprint density at radius 2 is 1.79 bits per heavy atom. The van der Waals surface area contributed by atoms with Gasteiger partial charge in [0.25, 0.3) is 0 Å². The zero-order valence-electron chi connectivity index (χ0n) is 12.0. The second-order valence-electron chi connectivity index (χ2n) is 5.41. The summed E-state index contributed by atoms with van der Waals surface area (Å²) in [4.78, 5) is 0. The van der Waals surface area contributed by atoms with Crippen LogP contribution in [-0.4, -0.2) is 19.8 Å². The minimum absolute atomic E-state index is 0.244. The maximum Gasteiger partial charge on any atom is 0.108 e. The lowest BCUT2D eigenvalue weighted by Gasteiger charge is -2.30. The van der Waals surface area contributed by atoms with Crippen molar-refractivity contribution in [1.82, 2.24) is 10.6 Å². The fourth-order valence-corrected chi connectivity index (χ4v) is 3.10. The first-order valence-corrected chi connectivity index (χ1v) is 6.72. The normalized spacial score (nSPS) is 18.7. The zero-order chi connectivity index (χ0) is 13.6. The summed E-state index contributed by atoms with van der Waals surface area (Å²) < 4.78 is 0. The highest BCUT2D eigenvalue weighted by molar-refractivity contribution is 5.99. The number of likely N-dealkylation sites (N-methyl/N-ethyl adjacent to an activating group) is 2. The van der Waals surface area contributed by atoms with Gasteiger partial charge in [-0.15, -0.1) is 0 Å². The lowest BCUT2D eigenvalue weighted by molar-refractivity contribution is 0.463. The number of hydrogen-bond acceptors (Lipinski definition) is 2. The molecule has 0 aliphatic heterocycles. The summed E-state index contributed by atoms with van der Waals surface area (Å²) in [5.41, 5.74) is 7.79. The van der Waals surface area contributed by atoms with Gasteiger partial charge in [0.05, 0.1) is 0 Å². The number of aryl methyl sites for hydroxylation is 2. The van der Waals surface area contributed by atoms with Gasteiger partial charge in [-0.25, -0.2) is 0 Å². The molecule has 2 heteroatoms. The number of benzene rings is 1. The lowest BCUT2D eigenvalue weighted by atomic mass is 9.89. The Bertz CT molecular complexity index is 629. The summed E-state index contributed by atoms with van der Waals surface area (Å²) >= 11 is 0. The van der Waals surface area contributed by atoms with Crippen LogP contribution < -0.4 is 10.6 Å². The van der Waals surface area contributed by atoms with E-state index < -0.39 is 0 Å². The minimum Gasteiger partial charge on any atom is -0.296 e. The fraction of sp³-hybridized carbons (Fsp3) is 0.294. The molecule has 1 aromatic rings. The van der Waals surface area contributed by atoms with E-state index in [2.05, 4.69) is 60.9 Å². The van der Waals surface area contributed by atoms with Crippen molar-refractivity contribution in [2.45, 2.75) is 19.5 Å². The molecule has 19 heavy (non-hydrogen) atoms. The molecule has 0 heterocycles. The molecule has 3 rings (SSSR count). The van der Waals surface area contributed by atoms with Crippen molar-refractivity contribution < 1.29 is 0 Å². The van der Waals surface area contributed by atoms with Crippen LogP contribution in [-0.2, 0) is 0 Å².